The van der Waals surface area contributed by atoms with E-state index in [-0.39, 0.29) is 0 Å². The van der Waals surface area contributed by atoms with Gasteiger partial charge in [0.05, 0.1) is 4.88 Å². The molecule has 0 aliphatic carbocycles. The molecule has 0 unspecified atom stereocenters. The molecule has 0 fully saturated rings. The Morgan fingerprint density at radius 3 is 3.25 bits per heavy atom. The topological polar surface area (TPSA) is 58.7 Å². The maximum absolute atomic E-state index is 11.1. The maximum atomic E-state index is 11.1. The van der Waals surface area contributed by atoms with Crippen molar-refractivity contribution >= 4 is 23.4 Å². The number of thiophene rings is 1. The Balaban J connectivity index is 2.21. The molecular weight excluding hydrogens is 222 g/mol. The van der Waals surface area contributed by atoms with Gasteiger partial charge in [-0.25, -0.2) is 4.99 Å². The van der Waals surface area contributed by atoms with Crippen molar-refractivity contribution < 1.29 is 4.79 Å². The molecule has 80 valence electrons. The summed E-state index contributed by atoms with van der Waals surface area (Å²) in [7, 11) is 0. The zero-order valence-electron chi connectivity index (χ0n) is 8.38. The summed E-state index contributed by atoms with van der Waals surface area (Å²) in [5, 5.41) is 0.964. The van der Waals surface area contributed by atoms with Crippen LogP contribution >= 0.6 is 11.3 Å². The quantitative estimate of drug-likeness (QED) is 0.735. The SMILES string of the molecule is NC(=O)c1cc2c(s1)=NC1=CC=CCN1C=2. The smallest absolute Gasteiger partial charge is 0.258 e. The highest BCUT2D eigenvalue weighted by molar-refractivity contribution is 7.11. The molecule has 2 N–H and O–H groups in total. The van der Waals surface area contributed by atoms with E-state index in [2.05, 4.69) is 11.1 Å². The highest BCUT2D eigenvalue weighted by Gasteiger charge is 2.14. The van der Waals surface area contributed by atoms with Gasteiger partial charge < -0.3 is 10.6 Å². The molecule has 0 saturated heterocycles. The standard InChI is InChI=1S/C11H9N3OS/c12-10(15)8-5-7-6-14-4-2-1-3-9(14)13-11(7)16-8/h1-3,5-6H,4H2,(H2,12,15). The highest BCUT2D eigenvalue weighted by atomic mass is 32.1. The third-order valence-electron chi connectivity index (χ3n) is 2.47. The Morgan fingerprint density at radius 1 is 1.56 bits per heavy atom. The van der Waals surface area contributed by atoms with E-state index in [9.17, 15) is 4.79 Å². The van der Waals surface area contributed by atoms with Gasteiger partial charge in [0, 0.05) is 18.0 Å². The minimum absolute atomic E-state index is 0.395. The van der Waals surface area contributed by atoms with Crippen LogP contribution in [0.2, 0.25) is 0 Å². The van der Waals surface area contributed by atoms with Crippen molar-refractivity contribution in [3.63, 3.8) is 0 Å². The average molecular weight is 231 g/mol. The van der Waals surface area contributed by atoms with Crippen LogP contribution in [0.4, 0.5) is 0 Å². The van der Waals surface area contributed by atoms with Crippen LogP contribution in [-0.2, 0) is 0 Å². The van der Waals surface area contributed by atoms with Crippen LogP contribution in [0.1, 0.15) is 9.67 Å². The summed E-state index contributed by atoms with van der Waals surface area (Å²) < 4.78 is 0.853. The zero-order chi connectivity index (χ0) is 11.1. The average Bonchev–Trinajstić information content (AvgIpc) is 2.68. The predicted molar refractivity (Wildman–Crippen MR) is 62.0 cm³/mol. The summed E-state index contributed by atoms with van der Waals surface area (Å²) >= 11 is 1.34. The van der Waals surface area contributed by atoms with E-state index in [1.807, 2.05) is 23.3 Å². The molecule has 5 heteroatoms. The van der Waals surface area contributed by atoms with Crippen molar-refractivity contribution in [3.05, 3.63) is 44.9 Å². The van der Waals surface area contributed by atoms with E-state index >= 15 is 0 Å². The lowest BCUT2D eigenvalue weighted by molar-refractivity contribution is 0.100. The van der Waals surface area contributed by atoms with E-state index in [0.717, 1.165) is 22.3 Å². The maximum Gasteiger partial charge on any atom is 0.258 e. The molecule has 1 aromatic rings. The zero-order valence-corrected chi connectivity index (χ0v) is 9.20. The molecule has 0 aromatic carbocycles. The lowest BCUT2D eigenvalue weighted by atomic mass is 10.3. The molecule has 2 aliphatic heterocycles. The molecule has 3 rings (SSSR count). The number of allylic oxidation sites excluding steroid dienone is 2. The number of nitrogens with two attached hydrogens (primary N) is 1. The number of carbonyl (C=O) groups excluding carboxylic acids is 1. The lowest BCUT2D eigenvalue weighted by Crippen LogP contribution is -2.32. The molecule has 1 aromatic heterocycles. The van der Waals surface area contributed by atoms with Crippen LogP contribution in [0.15, 0.2) is 35.1 Å². The first-order valence-corrected chi connectivity index (χ1v) is 5.69. The van der Waals surface area contributed by atoms with Gasteiger partial charge in [-0.2, -0.15) is 0 Å². The van der Waals surface area contributed by atoms with Gasteiger partial charge >= 0.3 is 0 Å². The Kier molecular flexibility index (Phi) is 1.94. The summed E-state index contributed by atoms with van der Waals surface area (Å²) in [4.78, 5) is 18.2. The molecule has 0 bridgehead atoms. The number of fused-ring (bicyclic) bond motifs is 2. The van der Waals surface area contributed by atoms with Gasteiger partial charge in [0.2, 0.25) is 0 Å². The summed E-state index contributed by atoms with van der Waals surface area (Å²) in [5.41, 5.74) is 5.25. The Bertz CT molecular complexity index is 639. The third kappa shape index (κ3) is 1.37. The van der Waals surface area contributed by atoms with Gasteiger partial charge in [0.15, 0.2) is 0 Å². The molecule has 1 amide bonds. The van der Waals surface area contributed by atoms with Crippen LogP contribution in [0.5, 0.6) is 0 Å². The summed E-state index contributed by atoms with van der Waals surface area (Å²) in [6, 6.07) is 1.79. The predicted octanol–water partition coefficient (Wildman–Crippen LogP) is -0.0686. The molecule has 4 nitrogen and oxygen atoms in total. The van der Waals surface area contributed by atoms with Crippen LogP contribution < -0.4 is 15.6 Å². The normalized spacial score (nSPS) is 16.8. The second-order valence-corrected chi connectivity index (χ2v) is 4.61. The number of amides is 1. The second kappa shape index (κ2) is 3.31. The second-order valence-electron chi connectivity index (χ2n) is 3.58. The molecular formula is C11H9N3OS. The van der Waals surface area contributed by atoms with Gasteiger partial charge in [-0.05, 0) is 12.1 Å². The number of hydrogen-bond acceptors (Lipinski definition) is 4. The van der Waals surface area contributed by atoms with Crippen molar-refractivity contribution in [2.45, 2.75) is 0 Å². The Labute approximate surface area is 95.7 Å². The fourth-order valence-electron chi connectivity index (χ4n) is 1.71. The van der Waals surface area contributed by atoms with Crippen molar-refractivity contribution in [1.82, 2.24) is 4.90 Å². The van der Waals surface area contributed by atoms with E-state index in [1.54, 1.807) is 6.07 Å². The van der Waals surface area contributed by atoms with E-state index in [1.165, 1.54) is 11.3 Å². The summed E-state index contributed by atoms with van der Waals surface area (Å²) in [6.45, 7) is 0.816. The van der Waals surface area contributed by atoms with Gasteiger partial charge in [0.1, 0.15) is 10.5 Å². The van der Waals surface area contributed by atoms with Crippen LogP contribution in [0, 0.1) is 0 Å². The first-order chi connectivity index (χ1) is 7.74. The first-order valence-electron chi connectivity index (χ1n) is 4.88. The summed E-state index contributed by atoms with van der Waals surface area (Å²) in [6.07, 6.45) is 7.99. The van der Waals surface area contributed by atoms with E-state index < -0.39 is 5.91 Å². The van der Waals surface area contributed by atoms with Crippen molar-refractivity contribution in [2.75, 3.05) is 6.54 Å². The lowest BCUT2D eigenvalue weighted by Gasteiger charge is -2.22. The third-order valence-corrected chi connectivity index (χ3v) is 3.53. The van der Waals surface area contributed by atoms with Gasteiger partial charge in [0.25, 0.3) is 5.91 Å². The van der Waals surface area contributed by atoms with Gasteiger partial charge in [-0.1, -0.05) is 12.2 Å². The molecule has 0 atom stereocenters. The van der Waals surface area contributed by atoms with Crippen molar-refractivity contribution in [1.29, 1.82) is 0 Å². The van der Waals surface area contributed by atoms with Gasteiger partial charge in [-0.15, -0.1) is 11.3 Å². The van der Waals surface area contributed by atoms with Crippen molar-refractivity contribution in [3.8, 4) is 0 Å². The molecule has 0 radical (unpaired) electrons. The molecule has 2 aliphatic rings. The Hall–Kier alpha value is -1.88. The highest BCUT2D eigenvalue weighted by Crippen LogP contribution is 2.13. The first kappa shape index (κ1) is 9.35. The number of nitrogens with zero attached hydrogens (tertiary/aromatic N) is 2. The van der Waals surface area contributed by atoms with Crippen LogP contribution in [0.3, 0.4) is 0 Å². The number of rotatable bonds is 1. The van der Waals surface area contributed by atoms with E-state index in [0.29, 0.717) is 4.88 Å². The number of hydrogen-bond donors (Lipinski definition) is 1. The number of primary amides is 1. The molecule has 16 heavy (non-hydrogen) atoms. The summed E-state index contributed by atoms with van der Waals surface area (Å²) in [5.74, 6) is 0.515. The molecule has 3 heterocycles. The minimum Gasteiger partial charge on any atom is -0.365 e. The molecule has 0 saturated carbocycles. The van der Waals surface area contributed by atoms with Crippen LogP contribution in [-0.4, -0.2) is 17.4 Å². The minimum atomic E-state index is -0.395. The Morgan fingerprint density at radius 2 is 2.44 bits per heavy atom. The van der Waals surface area contributed by atoms with Crippen molar-refractivity contribution in [2.24, 2.45) is 10.7 Å². The number of carbonyl (C=O) groups is 1. The van der Waals surface area contributed by atoms with Gasteiger partial charge in [-0.3, -0.25) is 4.79 Å². The fraction of sp³-hybridized carbons (Fsp3) is 0.0909. The van der Waals surface area contributed by atoms with E-state index in [4.69, 9.17) is 5.73 Å². The molecule has 0 spiro atoms. The fourth-order valence-corrected chi connectivity index (χ4v) is 2.57. The largest absolute Gasteiger partial charge is 0.365 e. The monoisotopic (exact) mass is 231 g/mol. The van der Waals surface area contributed by atoms with Crippen LogP contribution in [0.25, 0.3) is 6.20 Å².